The summed E-state index contributed by atoms with van der Waals surface area (Å²) in [5.74, 6) is -1.48. The first-order valence-electron chi connectivity index (χ1n) is 9.85. The molecule has 8 heteroatoms. The number of rotatable bonds is 6. The van der Waals surface area contributed by atoms with E-state index in [0.717, 1.165) is 4.88 Å². The third kappa shape index (κ3) is 6.01. The topological polar surface area (TPSA) is 102 Å². The van der Waals surface area contributed by atoms with Crippen molar-refractivity contribution in [1.82, 2.24) is 0 Å². The van der Waals surface area contributed by atoms with Crippen molar-refractivity contribution >= 4 is 45.6 Å². The molecule has 1 unspecified atom stereocenters. The first-order valence-corrected chi connectivity index (χ1v) is 10.7. The SMILES string of the molecule is CC(=O)c1ccc(NC(=O)C(C)OC(=O)c2c(NC(=O)C(C)(C)C)sc(C)c2C)cc1. The van der Waals surface area contributed by atoms with Gasteiger partial charge >= 0.3 is 5.97 Å². The smallest absolute Gasteiger partial charge is 0.342 e. The van der Waals surface area contributed by atoms with Gasteiger partial charge in [-0.3, -0.25) is 14.4 Å². The van der Waals surface area contributed by atoms with Crippen LogP contribution in [0.25, 0.3) is 0 Å². The zero-order valence-electron chi connectivity index (χ0n) is 18.8. The predicted molar refractivity (Wildman–Crippen MR) is 122 cm³/mol. The quantitative estimate of drug-likeness (QED) is 0.495. The molecule has 0 radical (unpaired) electrons. The number of carbonyl (C=O) groups is 4. The lowest BCUT2D eigenvalue weighted by Gasteiger charge is -2.18. The highest BCUT2D eigenvalue weighted by molar-refractivity contribution is 7.16. The molecule has 0 saturated carbocycles. The number of aryl methyl sites for hydroxylation is 1. The predicted octanol–water partition coefficient (Wildman–Crippen LogP) is 4.74. The normalized spacial score (nSPS) is 12.1. The molecule has 166 valence electrons. The van der Waals surface area contributed by atoms with Gasteiger partial charge in [0.15, 0.2) is 11.9 Å². The number of benzene rings is 1. The first-order chi connectivity index (χ1) is 14.3. The molecule has 2 aromatic rings. The summed E-state index contributed by atoms with van der Waals surface area (Å²) in [5.41, 5.74) is 1.35. The maximum atomic E-state index is 12.8. The molecule has 0 fully saturated rings. The van der Waals surface area contributed by atoms with Crippen LogP contribution in [0.1, 0.15) is 65.8 Å². The molecule has 2 rings (SSSR count). The molecule has 2 N–H and O–H groups in total. The van der Waals surface area contributed by atoms with E-state index in [-0.39, 0.29) is 17.3 Å². The van der Waals surface area contributed by atoms with E-state index in [0.29, 0.717) is 21.8 Å². The zero-order chi connectivity index (χ0) is 23.5. The van der Waals surface area contributed by atoms with Crippen LogP contribution in [0.15, 0.2) is 24.3 Å². The van der Waals surface area contributed by atoms with Gasteiger partial charge in [0.25, 0.3) is 5.91 Å². The fourth-order valence-electron chi connectivity index (χ4n) is 2.56. The van der Waals surface area contributed by atoms with Crippen molar-refractivity contribution in [2.45, 2.75) is 54.6 Å². The van der Waals surface area contributed by atoms with Crippen LogP contribution in [0.3, 0.4) is 0 Å². The minimum absolute atomic E-state index is 0.0732. The molecule has 0 aliphatic carbocycles. The summed E-state index contributed by atoms with van der Waals surface area (Å²) in [5, 5.41) is 5.87. The van der Waals surface area contributed by atoms with Gasteiger partial charge in [0, 0.05) is 21.5 Å². The number of anilines is 2. The van der Waals surface area contributed by atoms with Crippen LogP contribution >= 0.6 is 11.3 Å². The first kappa shape index (κ1) is 24.3. The van der Waals surface area contributed by atoms with E-state index in [1.54, 1.807) is 52.0 Å². The van der Waals surface area contributed by atoms with Crippen LogP contribution in [0.5, 0.6) is 0 Å². The summed E-state index contributed by atoms with van der Waals surface area (Å²) in [7, 11) is 0. The molecule has 1 heterocycles. The van der Waals surface area contributed by atoms with Crippen molar-refractivity contribution in [1.29, 1.82) is 0 Å². The monoisotopic (exact) mass is 444 g/mol. The number of carbonyl (C=O) groups excluding carboxylic acids is 4. The Balaban J connectivity index is 2.12. The van der Waals surface area contributed by atoms with E-state index in [1.165, 1.54) is 25.2 Å². The number of nitrogens with one attached hydrogen (secondary N) is 2. The van der Waals surface area contributed by atoms with Crippen LogP contribution in [0, 0.1) is 19.3 Å². The van der Waals surface area contributed by atoms with Gasteiger partial charge in [0.05, 0.1) is 5.56 Å². The highest BCUT2D eigenvalue weighted by Gasteiger charge is 2.28. The maximum Gasteiger partial charge on any atom is 0.342 e. The second kappa shape index (κ2) is 9.43. The number of ether oxygens (including phenoxy) is 1. The lowest BCUT2D eigenvalue weighted by molar-refractivity contribution is -0.124. The second-order valence-electron chi connectivity index (χ2n) is 8.36. The Morgan fingerprint density at radius 1 is 1.00 bits per heavy atom. The molecule has 31 heavy (non-hydrogen) atoms. The van der Waals surface area contributed by atoms with Gasteiger partial charge < -0.3 is 15.4 Å². The van der Waals surface area contributed by atoms with Crippen LogP contribution in [-0.4, -0.2) is 29.7 Å². The summed E-state index contributed by atoms with van der Waals surface area (Å²) >= 11 is 1.29. The molecule has 0 aliphatic heterocycles. The molecule has 1 atom stereocenters. The van der Waals surface area contributed by atoms with Gasteiger partial charge in [-0.25, -0.2) is 4.79 Å². The molecule has 7 nitrogen and oxygen atoms in total. The van der Waals surface area contributed by atoms with Crippen molar-refractivity contribution < 1.29 is 23.9 Å². The van der Waals surface area contributed by atoms with E-state index in [4.69, 9.17) is 4.74 Å². The zero-order valence-corrected chi connectivity index (χ0v) is 19.7. The molecule has 1 aromatic carbocycles. The Morgan fingerprint density at radius 3 is 2.10 bits per heavy atom. The molecule has 0 bridgehead atoms. The summed E-state index contributed by atoms with van der Waals surface area (Å²) in [6.45, 7) is 11.9. The summed E-state index contributed by atoms with van der Waals surface area (Å²) < 4.78 is 5.38. The molecular formula is C23H28N2O5S. The number of thiophene rings is 1. The summed E-state index contributed by atoms with van der Waals surface area (Å²) in [4.78, 5) is 49.9. The molecular weight excluding hydrogens is 416 g/mol. The largest absolute Gasteiger partial charge is 0.449 e. The molecule has 0 spiro atoms. The van der Waals surface area contributed by atoms with Crippen molar-refractivity contribution in [2.75, 3.05) is 10.6 Å². The van der Waals surface area contributed by atoms with Crippen LogP contribution in [0.4, 0.5) is 10.7 Å². The third-order valence-electron chi connectivity index (χ3n) is 4.71. The average Bonchev–Trinajstić information content (AvgIpc) is 2.94. The van der Waals surface area contributed by atoms with Crippen LogP contribution in [-0.2, 0) is 14.3 Å². The van der Waals surface area contributed by atoms with Crippen molar-refractivity contribution in [3.63, 3.8) is 0 Å². The Morgan fingerprint density at radius 2 is 1.58 bits per heavy atom. The van der Waals surface area contributed by atoms with Crippen LogP contribution in [0.2, 0.25) is 0 Å². The second-order valence-corrected chi connectivity index (χ2v) is 9.59. The lowest BCUT2D eigenvalue weighted by Crippen LogP contribution is -2.31. The van der Waals surface area contributed by atoms with Gasteiger partial charge in [-0.1, -0.05) is 20.8 Å². The fourth-order valence-corrected chi connectivity index (χ4v) is 3.60. The maximum absolute atomic E-state index is 12.8. The van der Waals surface area contributed by atoms with Gasteiger partial charge in [-0.15, -0.1) is 11.3 Å². The highest BCUT2D eigenvalue weighted by atomic mass is 32.1. The Kier molecular flexibility index (Phi) is 7.38. The Hall–Kier alpha value is -3.00. The van der Waals surface area contributed by atoms with Crippen molar-refractivity contribution in [2.24, 2.45) is 5.41 Å². The van der Waals surface area contributed by atoms with Crippen molar-refractivity contribution in [3.05, 3.63) is 45.8 Å². The van der Waals surface area contributed by atoms with Gasteiger partial charge in [-0.2, -0.15) is 0 Å². The third-order valence-corrected chi connectivity index (χ3v) is 5.83. The Bertz CT molecular complexity index is 1020. The summed E-state index contributed by atoms with van der Waals surface area (Å²) in [6.07, 6.45) is -1.06. The van der Waals surface area contributed by atoms with Gasteiger partial charge in [0.2, 0.25) is 5.91 Å². The van der Waals surface area contributed by atoms with Crippen LogP contribution < -0.4 is 10.6 Å². The lowest BCUT2D eigenvalue weighted by atomic mass is 9.96. The molecule has 0 aliphatic rings. The number of amides is 2. The highest BCUT2D eigenvalue weighted by Crippen LogP contribution is 2.34. The number of hydrogen-bond donors (Lipinski definition) is 2. The van der Waals surface area contributed by atoms with Crippen molar-refractivity contribution in [3.8, 4) is 0 Å². The minimum atomic E-state index is -1.06. The number of Topliss-reactive ketones (excluding diaryl/α,β-unsaturated/α-hetero) is 1. The number of esters is 1. The number of hydrogen-bond acceptors (Lipinski definition) is 6. The minimum Gasteiger partial charge on any atom is -0.449 e. The van der Waals surface area contributed by atoms with E-state index >= 15 is 0 Å². The average molecular weight is 445 g/mol. The van der Waals surface area contributed by atoms with E-state index < -0.39 is 23.4 Å². The number of ketones is 1. The fraction of sp³-hybridized carbons (Fsp3) is 0.391. The van der Waals surface area contributed by atoms with Gasteiger partial charge in [-0.05, 0) is 57.5 Å². The van der Waals surface area contributed by atoms with E-state index in [9.17, 15) is 19.2 Å². The molecule has 0 saturated heterocycles. The Labute approximate surface area is 186 Å². The van der Waals surface area contributed by atoms with E-state index in [2.05, 4.69) is 10.6 Å². The standard InChI is InChI=1S/C23H28N2O5S/c1-12-15(4)31-20(25-22(29)23(5,6)7)18(12)21(28)30-14(3)19(27)24-17-10-8-16(9-11-17)13(2)26/h8-11,14H,1-7H3,(H,24,27)(H,25,29). The van der Waals surface area contributed by atoms with E-state index in [1.807, 2.05) is 6.92 Å². The molecule has 1 aromatic heterocycles. The summed E-state index contributed by atoms with van der Waals surface area (Å²) in [6, 6.07) is 6.43. The molecule has 2 amide bonds. The van der Waals surface area contributed by atoms with Gasteiger partial charge in [0.1, 0.15) is 5.00 Å².